The smallest absolute Gasteiger partial charge is 0.257 e. The van der Waals surface area contributed by atoms with E-state index in [4.69, 9.17) is 4.74 Å². The van der Waals surface area contributed by atoms with E-state index < -0.39 is 0 Å². The van der Waals surface area contributed by atoms with Gasteiger partial charge in [0.05, 0.1) is 0 Å². The lowest BCUT2D eigenvalue weighted by molar-refractivity contribution is -0.122. The SMILES string of the molecule is CNCc1c(OCC(=O)NC)ccc2ccccc12. The Morgan fingerprint density at radius 1 is 1.16 bits per heavy atom. The van der Waals surface area contributed by atoms with Gasteiger partial charge in [-0.3, -0.25) is 4.79 Å². The molecule has 0 bridgehead atoms. The lowest BCUT2D eigenvalue weighted by Crippen LogP contribution is -2.25. The molecule has 1 amide bonds. The first-order chi connectivity index (χ1) is 9.26. The van der Waals surface area contributed by atoms with Gasteiger partial charge in [0.1, 0.15) is 5.75 Å². The molecular weight excluding hydrogens is 240 g/mol. The Bertz CT molecular complexity index is 581. The fourth-order valence-corrected chi connectivity index (χ4v) is 2.03. The van der Waals surface area contributed by atoms with Crippen molar-refractivity contribution in [2.24, 2.45) is 0 Å². The van der Waals surface area contributed by atoms with Crippen LogP contribution in [0.3, 0.4) is 0 Å². The Balaban J connectivity index is 2.36. The minimum atomic E-state index is -0.136. The predicted octanol–water partition coefficient (Wildman–Crippen LogP) is 1.68. The van der Waals surface area contributed by atoms with Gasteiger partial charge in [0, 0.05) is 19.2 Å². The summed E-state index contributed by atoms with van der Waals surface area (Å²) < 4.78 is 5.60. The first kappa shape index (κ1) is 13.4. The van der Waals surface area contributed by atoms with E-state index in [9.17, 15) is 4.79 Å². The Kier molecular flexibility index (Phi) is 4.36. The molecule has 100 valence electrons. The zero-order valence-corrected chi connectivity index (χ0v) is 11.2. The summed E-state index contributed by atoms with van der Waals surface area (Å²) in [6.45, 7) is 0.732. The molecule has 0 unspecified atom stereocenters. The molecule has 2 N–H and O–H groups in total. The average molecular weight is 258 g/mol. The molecule has 0 aliphatic heterocycles. The van der Waals surface area contributed by atoms with Gasteiger partial charge in [0.2, 0.25) is 0 Å². The molecule has 0 radical (unpaired) electrons. The van der Waals surface area contributed by atoms with Gasteiger partial charge in [-0.25, -0.2) is 0 Å². The second-order valence-electron chi connectivity index (χ2n) is 4.26. The van der Waals surface area contributed by atoms with E-state index in [0.29, 0.717) is 6.54 Å². The lowest BCUT2D eigenvalue weighted by atomic mass is 10.0. The van der Waals surface area contributed by atoms with Crippen LogP contribution >= 0.6 is 0 Å². The summed E-state index contributed by atoms with van der Waals surface area (Å²) in [5, 5.41) is 7.99. The van der Waals surface area contributed by atoms with Crippen LogP contribution in [0.1, 0.15) is 5.56 Å². The Labute approximate surface area is 112 Å². The maximum absolute atomic E-state index is 11.3. The van der Waals surface area contributed by atoms with Crippen molar-refractivity contribution in [1.29, 1.82) is 0 Å². The van der Waals surface area contributed by atoms with Gasteiger partial charge in [-0.15, -0.1) is 0 Å². The molecule has 2 aromatic rings. The molecule has 0 heterocycles. The van der Waals surface area contributed by atoms with Crippen LogP contribution in [0.4, 0.5) is 0 Å². The van der Waals surface area contributed by atoms with E-state index in [1.54, 1.807) is 7.05 Å². The van der Waals surface area contributed by atoms with E-state index >= 15 is 0 Å². The van der Waals surface area contributed by atoms with Crippen molar-refractivity contribution in [3.05, 3.63) is 42.0 Å². The molecule has 0 aliphatic carbocycles. The van der Waals surface area contributed by atoms with Crippen LogP contribution in [0.25, 0.3) is 10.8 Å². The molecule has 0 fully saturated rings. The lowest BCUT2D eigenvalue weighted by Gasteiger charge is -2.13. The zero-order valence-electron chi connectivity index (χ0n) is 11.2. The molecule has 0 saturated heterocycles. The van der Waals surface area contributed by atoms with E-state index in [-0.39, 0.29) is 12.5 Å². The molecule has 0 spiro atoms. The minimum Gasteiger partial charge on any atom is -0.483 e. The van der Waals surface area contributed by atoms with Gasteiger partial charge in [-0.1, -0.05) is 30.3 Å². The first-order valence-corrected chi connectivity index (χ1v) is 6.25. The number of nitrogens with one attached hydrogen (secondary N) is 2. The molecule has 19 heavy (non-hydrogen) atoms. The van der Waals surface area contributed by atoms with Crippen molar-refractivity contribution in [2.75, 3.05) is 20.7 Å². The number of hydrogen-bond donors (Lipinski definition) is 2. The van der Waals surface area contributed by atoms with E-state index in [1.165, 1.54) is 5.39 Å². The molecule has 4 nitrogen and oxygen atoms in total. The monoisotopic (exact) mass is 258 g/mol. The average Bonchev–Trinajstić information content (AvgIpc) is 2.46. The highest BCUT2D eigenvalue weighted by Crippen LogP contribution is 2.27. The standard InChI is InChI=1S/C15H18N2O2/c1-16-9-13-12-6-4-3-5-11(12)7-8-14(13)19-10-15(18)17-2/h3-8,16H,9-10H2,1-2H3,(H,17,18). The van der Waals surface area contributed by atoms with E-state index in [2.05, 4.69) is 22.8 Å². The van der Waals surface area contributed by atoms with Crippen molar-refractivity contribution in [3.8, 4) is 5.75 Å². The van der Waals surface area contributed by atoms with Crippen molar-refractivity contribution in [3.63, 3.8) is 0 Å². The van der Waals surface area contributed by atoms with Crippen LogP contribution in [0.2, 0.25) is 0 Å². The highest BCUT2D eigenvalue weighted by molar-refractivity contribution is 5.88. The fraction of sp³-hybridized carbons (Fsp3) is 0.267. The van der Waals surface area contributed by atoms with Gasteiger partial charge in [0.25, 0.3) is 5.91 Å². The van der Waals surface area contributed by atoms with Crippen LogP contribution in [-0.2, 0) is 11.3 Å². The number of fused-ring (bicyclic) bond motifs is 1. The van der Waals surface area contributed by atoms with Crippen LogP contribution in [-0.4, -0.2) is 26.6 Å². The van der Waals surface area contributed by atoms with Crippen molar-refractivity contribution in [1.82, 2.24) is 10.6 Å². The number of carbonyl (C=O) groups is 1. The molecule has 2 rings (SSSR count). The number of ether oxygens (including phenoxy) is 1. The summed E-state index contributed by atoms with van der Waals surface area (Å²) in [5.74, 6) is 0.611. The molecule has 0 aromatic heterocycles. The first-order valence-electron chi connectivity index (χ1n) is 6.25. The van der Waals surface area contributed by atoms with Crippen LogP contribution in [0.15, 0.2) is 36.4 Å². The van der Waals surface area contributed by atoms with E-state index in [0.717, 1.165) is 16.7 Å². The third-order valence-corrected chi connectivity index (χ3v) is 2.99. The maximum atomic E-state index is 11.3. The molecule has 4 heteroatoms. The highest BCUT2D eigenvalue weighted by atomic mass is 16.5. The van der Waals surface area contributed by atoms with Crippen LogP contribution in [0.5, 0.6) is 5.75 Å². The Hall–Kier alpha value is -2.07. The second-order valence-corrected chi connectivity index (χ2v) is 4.26. The molecular formula is C15H18N2O2. The minimum absolute atomic E-state index is 0.0333. The molecule has 0 atom stereocenters. The number of rotatable bonds is 5. The van der Waals surface area contributed by atoms with Crippen molar-refractivity contribution in [2.45, 2.75) is 6.54 Å². The van der Waals surface area contributed by atoms with Crippen molar-refractivity contribution < 1.29 is 9.53 Å². The van der Waals surface area contributed by atoms with E-state index in [1.807, 2.05) is 31.3 Å². The van der Waals surface area contributed by atoms with Crippen LogP contribution in [0, 0.1) is 0 Å². The summed E-state index contributed by atoms with van der Waals surface area (Å²) >= 11 is 0. The zero-order chi connectivity index (χ0) is 13.7. The Morgan fingerprint density at radius 3 is 2.68 bits per heavy atom. The number of carbonyl (C=O) groups excluding carboxylic acids is 1. The topological polar surface area (TPSA) is 50.4 Å². The molecule has 2 aromatic carbocycles. The molecule has 0 aliphatic rings. The summed E-state index contributed by atoms with van der Waals surface area (Å²) in [4.78, 5) is 11.3. The number of likely N-dealkylation sites (N-methyl/N-ethyl adjacent to an activating group) is 1. The van der Waals surface area contributed by atoms with Gasteiger partial charge in [0.15, 0.2) is 6.61 Å². The normalized spacial score (nSPS) is 10.4. The highest BCUT2D eigenvalue weighted by Gasteiger charge is 2.09. The number of amides is 1. The van der Waals surface area contributed by atoms with Gasteiger partial charge in [-0.05, 0) is 23.9 Å². The fourth-order valence-electron chi connectivity index (χ4n) is 2.03. The number of benzene rings is 2. The Morgan fingerprint density at radius 2 is 1.95 bits per heavy atom. The van der Waals surface area contributed by atoms with Gasteiger partial charge in [-0.2, -0.15) is 0 Å². The second kappa shape index (κ2) is 6.20. The third-order valence-electron chi connectivity index (χ3n) is 2.99. The van der Waals surface area contributed by atoms with Crippen molar-refractivity contribution >= 4 is 16.7 Å². The molecule has 0 saturated carbocycles. The summed E-state index contributed by atoms with van der Waals surface area (Å²) in [5.41, 5.74) is 1.07. The summed E-state index contributed by atoms with van der Waals surface area (Å²) in [6, 6.07) is 12.1. The van der Waals surface area contributed by atoms with Crippen LogP contribution < -0.4 is 15.4 Å². The summed E-state index contributed by atoms with van der Waals surface area (Å²) in [6.07, 6.45) is 0. The summed E-state index contributed by atoms with van der Waals surface area (Å²) in [7, 11) is 3.49. The van der Waals surface area contributed by atoms with Gasteiger partial charge >= 0.3 is 0 Å². The van der Waals surface area contributed by atoms with Gasteiger partial charge < -0.3 is 15.4 Å². The quantitative estimate of drug-likeness (QED) is 0.858. The number of hydrogen-bond acceptors (Lipinski definition) is 3. The largest absolute Gasteiger partial charge is 0.483 e. The maximum Gasteiger partial charge on any atom is 0.257 e. The predicted molar refractivity (Wildman–Crippen MR) is 76.3 cm³/mol. The third kappa shape index (κ3) is 3.03.